The average molecular weight is 801 g/mol. The van der Waals surface area contributed by atoms with Crippen LogP contribution in [-0.2, 0) is 33.9 Å². The van der Waals surface area contributed by atoms with E-state index in [4.69, 9.17) is 18.9 Å². The number of aromatic nitrogens is 6. The molecule has 2 aromatic carbocycles. The van der Waals surface area contributed by atoms with Crippen molar-refractivity contribution in [1.29, 1.82) is 0 Å². The molecule has 2 N–H and O–H groups in total. The summed E-state index contributed by atoms with van der Waals surface area (Å²) >= 11 is -3.12. The molecule has 284 valence electrons. The van der Waals surface area contributed by atoms with Gasteiger partial charge < -0.3 is 37.5 Å². The molecular weight excluding hydrogens is 769 g/mol. The van der Waals surface area contributed by atoms with E-state index in [-0.39, 0.29) is 46.8 Å². The number of methoxy groups -OCH3 is 4. The van der Waals surface area contributed by atoms with Crippen molar-refractivity contribution in [3.8, 4) is 34.5 Å². The molecule has 0 bridgehead atoms. The first kappa shape index (κ1) is 40.9. The number of benzene rings is 2. The molecule has 0 radical (unpaired) electrons. The Morgan fingerprint density at radius 1 is 0.623 bits per heavy atom. The van der Waals surface area contributed by atoms with Crippen LogP contribution in [-0.4, -0.2) is 80.7 Å². The Hall–Kier alpha value is -4.83. The van der Waals surface area contributed by atoms with E-state index in [1.807, 2.05) is 0 Å². The number of alkyl halides is 4. The second-order valence-corrected chi connectivity index (χ2v) is 12.9. The number of ether oxygens (including phenoxy) is 6. The molecule has 53 heavy (non-hydrogen) atoms. The molecule has 0 aliphatic carbocycles. The highest BCUT2D eigenvalue weighted by atomic mass is 32.2. The number of H-pyrrole nitrogens is 2. The third-order valence-corrected chi connectivity index (χ3v) is 9.34. The zero-order valence-corrected chi connectivity index (χ0v) is 30.9. The van der Waals surface area contributed by atoms with Gasteiger partial charge in [0.2, 0.25) is 0 Å². The van der Waals surface area contributed by atoms with Gasteiger partial charge in [0.15, 0.2) is 34.5 Å². The van der Waals surface area contributed by atoms with Gasteiger partial charge in [-0.15, -0.1) is 0 Å². The molecule has 4 aromatic heterocycles. The lowest BCUT2D eigenvalue weighted by atomic mass is 10.3. The molecule has 0 amide bonds. The van der Waals surface area contributed by atoms with Crippen molar-refractivity contribution >= 4 is 57.9 Å². The molecular formula is C32H32F4N6O8S3. The number of aromatic amines is 2. The lowest BCUT2D eigenvalue weighted by molar-refractivity contribution is -0.0504. The van der Waals surface area contributed by atoms with E-state index in [9.17, 15) is 26.7 Å². The molecule has 14 nitrogen and oxygen atoms in total. The molecule has 0 aliphatic rings. The standard InChI is InChI=1S/2C16H15F2N3O4S.H2S/c2*1-23-13-5-6-19-12(14(13)24-2)8-26(22)16-20-10-4-3-9(25-15(17)18)7-11(10)21-16;/h2*3-7,15H,8H2,1-2H3,(H,20,21);1H2. The van der Waals surface area contributed by atoms with E-state index in [1.165, 1.54) is 77.2 Å². The lowest BCUT2D eigenvalue weighted by Crippen LogP contribution is -2.10. The van der Waals surface area contributed by atoms with Crippen LogP contribution in [0.4, 0.5) is 17.6 Å². The van der Waals surface area contributed by atoms with Crippen LogP contribution in [0.3, 0.4) is 0 Å². The van der Waals surface area contributed by atoms with Crippen LogP contribution in [0.25, 0.3) is 22.1 Å². The van der Waals surface area contributed by atoms with Gasteiger partial charge in [-0.1, -0.05) is 0 Å². The molecule has 2 atom stereocenters. The van der Waals surface area contributed by atoms with Crippen molar-refractivity contribution in [2.24, 2.45) is 0 Å². The maximum atomic E-state index is 12.6. The van der Waals surface area contributed by atoms with Gasteiger partial charge in [0.1, 0.15) is 22.9 Å². The SMILES string of the molecule is COc1ccnc(C[S+]([O-])c2nc3cc(OC(F)F)ccc3[nH]2)c1OC.COc1ccnc(C[S+]([O-])c2nc3cc(OC(F)F)ccc3[nH]2)c1OC.S. The van der Waals surface area contributed by atoms with Crippen LogP contribution in [0.5, 0.6) is 34.5 Å². The summed E-state index contributed by atoms with van der Waals surface area (Å²) in [6, 6.07) is 11.8. The van der Waals surface area contributed by atoms with Crippen molar-refractivity contribution in [3.63, 3.8) is 0 Å². The van der Waals surface area contributed by atoms with Crippen molar-refractivity contribution in [3.05, 3.63) is 72.3 Å². The maximum absolute atomic E-state index is 12.6. The summed E-state index contributed by atoms with van der Waals surface area (Å²) in [6.45, 7) is -5.85. The maximum Gasteiger partial charge on any atom is 0.387 e. The van der Waals surface area contributed by atoms with Gasteiger partial charge in [-0.05, 0) is 24.3 Å². The highest BCUT2D eigenvalue weighted by Crippen LogP contribution is 2.33. The van der Waals surface area contributed by atoms with Gasteiger partial charge in [0, 0.05) is 59.0 Å². The van der Waals surface area contributed by atoms with Gasteiger partial charge in [-0.25, -0.2) is 0 Å². The number of halogens is 4. The van der Waals surface area contributed by atoms with Gasteiger partial charge in [0.25, 0.3) is 0 Å². The summed E-state index contributed by atoms with van der Waals surface area (Å²) in [7, 11) is 5.93. The Balaban J connectivity index is 0.000000232. The molecule has 21 heteroatoms. The summed E-state index contributed by atoms with van der Waals surface area (Å²) < 4.78 is 104. The monoisotopic (exact) mass is 800 g/mol. The van der Waals surface area contributed by atoms with E-state index in [0.29, 0.717) is 56.5 Å². The zero-order valence-electron chi connectivity index (χ0n) is 28.2. The van der Waals surface area contributed by atoms with E-state index < -0.39 is 35.6 Å². The lowest BCUT2D eigenvalue weighted by Gasteiger charge is -2.12. The summed E-state index contributed by atoms with van der Waals surface area (Å²) in [5.41, 5.74) is 2.76. The highest BCUT2D eigenvalue weighted by molar-refractivity contribution is 7.90. The van der Waals surface area contributed by atoms with Crippen molar-refractivity contribution < 1.29 is 55.1 Å². The summed E-state index contributed by atoms with van der Waals surface area (Å²) in [4.78, 5) is 22.6. The topological polar surface area (TPSA) is 185 Å². The Kier molecular flexibility index (Phi) is 14.5. The zero-order chi connectivity index (χ0) is 37.4. The molecule has 0 spiro atoms. The number of nitrogens with one attached hydrogen (secondary N) is 2. The number of hydrogen-bond acceptors (Lipinski definition) is 12. The predicted molar refractivity (Wildman–Crippen MR) is 191 cm³/mol. The number of fused-ring (bicyclic) bond motifs is 2. The van der Waals surface area contributed by atoms with Crippen LogP contribution in [0.15, 0.2) is 71.2 Å². The van der Waals surface area contributed by atoms with Crippen LogP contribution < -0.4 is 28.4 Å². The molecule has 4 heterocycles. The van der Waals surface area contributed by atoms with Crippen molar-refractivity contribution in [1.82, 2.24) is 29.9 Å². The third-order valence-electron chi connectivity index (χ3n) is 7.02. The first-order valence-electron chi connectivity index (χ1n) is 14.8. The van der Waals surface area contributed by atoms with Crippen LogP contribution in [0, 0.1) is 0 Å². The van der Waals surface area contributed by atoms with Crippen molar-refractivity contribution in [2.45, 2.75) is 35.0 Å². The second kappa shape index (κ2) is 18.8. The van der Waals surface area contributed by atoms with Crippen LogP contribution >= 0.6 is 13.5 Å². The Morgan fingerprint density at radius 3 is 1.36 bits per heavy atom. The minimum atomic E-state index is -2.92. The first-order valence-corrected chi connectivity index (χ1v) is 17.4. The van der Waals surface area contributed by atoms with E-state index >= 15 is 0 Å². The molecule has 0 fully saturated rings. The van der Waals surface area contributed by atoms with Crippen molar-refractivity contribution in [2.75, 3.05) is 28.4 Å². The minimum Gasteiger partial charge on any atom is -0.609 e. The smallest absolute Gasteiger partial charge is 0.387 e. The molecule has 0 saturated carbocycles. The largest absolute Gasteiger partial charge is 0.609 e. The van der Waals surface area contributed by atoms with Gasteiger partial charge in [0.05, 0.1) is 50.5 Å². The Labute approximate surface area is 312 Å². The quantitative estimate of drug-likeness (QED) is 0.0987. The number of rotatable bonds is 14. The Morgan fingerprint density at radius 2 is 1.02 bits per heavy atom. The molecule has 6 aromatic rings. The first-order chi connectivity index (χ1) is 25.0. The molecule has 0 aliphatic heterocycles. The molecule has 6 rings (SSSR count). The fourth-order valence-electron chi connectivity index (χ4n) is 4.78. The molecule has 0 saturated heterocycles. The number of nitrogens with zero attached hydrogens (tertiary/aromatic N) is 4. The summed E-state index contributed by atoms with van der Waals surface area (Å²) in [5.74, 6) is 1.79. The summed E-state index contributed by atoms with van der Waals surface area (Å²) in [5, 5.41) is 0.390. The highest BCUT2D eigenvalue weighted by Gasteiger charge is 2.24. The van der Waals surface area contributed by atoms with E-state index in [2.05, 4.69) is 39.4 Å². The fraction of sp³-hybridized carbons (Fsp3) is 0.250. The number of imidazole rings is 2. The van der Waals surface area contributed by atoms with E-state index in [1.54, 1.807) is 12.1 Å². The second-order valence-electron chi connectivity index (χ2n) is 10.2. The van der Waals surface area contributed by atoms with Gasteiger partial charge >= 0.3 is 23.5 Å². The van der Waals surface area contributed by atoms with Crippen LogP contribution in [0.1, 0.15) is 11.4 Å². The fourth-order valence-corrected chi connectivity index (χ4v) is 6.81. The number of pyridine rings is 2. The van der Waals surface area contributed by atoms with Gasteiger partial charge in [-0.3, -0.25) is 19.9 Å². The molecule has 2 unspecified atom stereocenters. The predicted octanol–water partition coefficient (Wildman–Crippen LogP) is 5.88. The number of hydrogen-bond donors (Lipinski definition) is 2. The Bertz CT molecular complexity index is 1960. The summed E-state index contributed by atoms with van der Waals surface area (Å²) in [6.07, 6.45) is 3.06. The van der Waals surface area contributed by atoms with Crippen LogP contribution in [0.2, 0.25) is 0 Å². The third kappa shape index (κ3) is 10.2. The van der Waals surface area contributed by atoms with E-state index in [0.717, 1.165) is 0 Å². The normalized spacial score (nSPS) is 12.2. The average Bonchev–Trinajstić information content (AvgIpc) is 3.75. The minimum absolute atomic E-state index is 0. The van der Waals surface area contributed by atoms with Gasteiger partial charge in [-0.2, -0.15) is 41.0 Å².